The van der Waals surface area contributed by atoms with Crippen LogP contribution in [0.5, 0.6) is 5.75 Å². The quantitative estimate of drug-likeness (QED) is 0.776. The average molecular weight is 352 g/mol. The van der Waals surface area contributed by atoms with Crippen molar-refractivity contribution >= 4 is 23.6 Å². The lowest BCUT2D eigenvalue weighted by molar-refractivity contribution is -0.138. The van der Waals surface area contributed by atoms with E-state index in [-0.39, 0.29) is 11.8 Å². The molecule has 0 N–H and O–H groups in total. The Morgan fingerprint density at radius 2 is 1.62 bits per heavy atom. The number of benzene rings is 2. The summed E-state index contributed by atoms with van der Waals surface area (Å²) in [6, 6.07) is 16.3. The number of hydrogen-bond donors (Lipinski definition) is 0. The van der Waals surface area contributed by atoms with Crippen molar-refractivity contribution in [2.45, 2.75) is 19.3 Å². The van der Waals surface area contributed by atoms with Gasteiger partial charge in [-0.25, -0.2) is 4.79 Å². The van der Waals surface area contributed by atoms with Crippen LogP contribution in [0.1, 0.15) is 18.4 Å². The standard InChI is InChI=1S/C20H20N2O4/c1-21(16-5-3-2-4-6-16)20(25)26-17-9-7-15(8-10-17)13-14-22-18(23)11-12-19(22)24/h2-10H,11-14H2,1H3. The van der Waals surface area contributed by atoms with E-state index >= 15 is 0 Å². The van der Waals surface area contributed by atoms with Gasteiger partial charge >= 0.3 is 6.09 Å². The van der Waals surface area contributed by atoms with Crippen molar-refractivity contribution in [2.75, 3.05) is 18.5 Å². The number of ether oxygens (including phenoxy) is 1. The van der Waals surface area contributed by atoms with Crippen LogP contribution in [0.4, 0.5) is 10.5 Å². The molecule has 0 bridgehead atoms. The molecule has 1 aliphatic heterocycles. The molecule has 134 valence electrons. The maximum atomic E-state index is 12.2. The first-order valence-corrected chi connectivity index (χ1v) is 8.47. The predicted molar refractivity (Wildman–Crippen MR) is 97.0 cm³/mol. The first-order chi connectivity index (χ1) is 12.5. The minimum absolute atomic E-state index is 0.107. The van der Waals surface area contributed by atoms with E-state index < -0.39 is 6.09 Å². The summed E-state index contributed by atoms with van der Waals surface area (Å²) in [5.41, 5.74) is 1.71. The van der Waals surface area contributed by atoms with Crippen molar-refractivity contribution in [3.63, 3.8) is 0 Å². The van der Waals surface area contributed by atoms with Crippen LogP contribution in [0.3, 0.4) is 0 Å². The fourth-order valence-electron chi connectivity index (χ4n) is 2.76. The third-order valence-electron chi connectivity index (χ3n) is 4.32. The highest BCUT2D eigenvalue weighted by Gasteiger charge is 2.28. The van der Waals surface area contributed by atoms with Crippen LogP contribution in [0, 0.1) is 0 Å². The molecule has 0 saturated carbocycles. The predicted octanol–water partition coefficient (Wildman–Crippen LogP) is 3.01. The zero-order chi connectivity index (χ0) is 18.5. The van der Waals surface area contributed by atoms with E-state index in [9.17, 15) is 14.4 Å². The number of nitrogens with zero attached hydrogens (tertiary/aromatic N) is 2. The minimum atomic E-state index is -0.475. The number of carbonyl (C=O) groups excluding carboxylic acids is 3. The maximum Gasteiger partial charge on any atom is 0.419 e. The largest absolute Gasteiger partial charge is 0.419 e. The maximum absolute atomic E-state index is 12.2. The third-order valence-corrected chi connectivity index (χ3v) is 4.32. The van der Waals surface area contributed by atoms with Crippen LogP contribution in [0.25, 0.3) is 0 Å². The molecule has 0 aliphatic carbocycles. The van der Waals surface area contributed by atoms with E-state index in [1.54, 1.807) is 19.2 Å². The molecule has 3 amide bonds. The number of anilines is 1. The summed E-state index contributed by atoms with van der Waals surface area (Å²) < 4.78 is 5.37. The van der Waals surface area contributed by atoms with E-state index in [1.165, 1.54) is 9.80 Å². The zero-order valence-corrected chi connectivity index (χ0v) is 14.6. The van der Waals surface area contributed by atoms with Crippen LogP contribution in [-0.4, -0.2) is 36.4 Å². The fraction of sp³-hybridized carbons (Fsp3) is 0.250. The molecular weight excluding hydrogens is 332 g/mol. The van der Waals surface area contributed by atoms with Crippen LogP contribution < -0.4 is 9.64 Å². The first-order valence-electron chi connectivity index (χ1n) is 8.47. The number of likely N-dealkylation sites (tertiary alicyclic amines) is 1. The minimum Gasteiger partial charge on any atom is -0.410 e. The summed E-state index contributed by atoms with van der Waals surface area (Å²) in [5.74, 6) is 0.226. The monoisotopic (exact) mass is 352 g/mol. The Kier molecular flexibility index (Phi) is 5.31. The number of carbonyl (C=O) groups is 3. The molecule has 0 aromatic heterocycles. The highest BCUT2D eigenvalue weighted by Crippen LogP contribution is 2.18. The lowest BCUT2D eigenvalue weighted by Crippen LogP contribution is -2.31. The van der Waals surface area contributed by atoms with Gasteiger partial charge in [0.15, 0.2) is 0 Å². The summed E-state index contributed by atoms with van der Waals surface area (Å²) in [4.78, 5) is 38.1. The van der Waals surface area contributed by atoms with Crippen molar-refractivity contribution in [2.24, 2.45) is 0 Å². The Morgan fingerprint density at radius 1 is 1.00 bits per heavy atom. The van der Waals surface area contributed by atoms with Gasteiger partial charge in [-0.2, -0.15) is 0 Å². The van der Waals surface area contributed by atoms with Crippen LogP contribution in [0.15, 0.2) is 54.6 Å². The second-order valence-corrected chi connectivity index (χ2v) is 6.10. The second-order valence-electron chi connectivity index (χ2n) is 6.10. The van der Waals surface area contributed by atoms with Crippen LogP contribution in [-0.2, 0) is 16.0 Å². The van der Waals surface area contributed by atoms with Gasteiger partial charge in [0, 0.05) is 32.1 Å². The summed E-state index contributed by atoms with van der Waals surface area (Å²) in [6.45, 7) is 0.382. The Morgan fingerprint density at radius 3 is 2.23 bits per heavy atom. The van der Waals surface area contributed by atoms with Gasteiger partial charge in [-0.15, -0.1) is 0 Å². The molecule has 26 heavy (non-hydrogen) atoms. The lowest BCUT2D eigenvalue weighted by Gasteiger charge is -2.17. The first kappa shape index (κ1) is 17.7. The van der Waals surface area contributed by atoms with Crippen molar-refractivity contribution < 1.29 is 19.1 Å². The Bertz CT molecular complexity index is 786. The third kappa shape index (κ3) is 4.08. The number of amides is 3. The molecule has 6 nitrogen and oxygen atoms in total. The van der Waals surface area contributed by atoms with Crippen LogP contribution in [0.2, 0.25) is 0 Å². The molecule has 1 fully saturated rings. The Hall–Kier alpha value is -3.15. The molecule has 0 spiro atoms. The molecule has 6 heteroatoms. The molecular formula is C20H20N2O4. The highest BCUT2D eigenvalue weighted by atomic mass is 16.6. The molecule has 3 rings (SSSR count). The van der Waals surface area contributed by atoms with Gasteiger partial charge in [-0.05, 0) is 36.2 Å². The zero-order valence-electron chi connectivity index (χ0n) is 14.6. The summed E-state index contributed by atoms with van der Waals surface area (Å²) in [7, 11) is 1.65. The molecule has 1 aliphatic rings. The number of hydrogen-bond acceptors (Lipinski definition) is 4. The van der Waals surface area contributed by atoms with Crippen molar-refractivity contribution in [1.82, 2.24) is 4.90 Å². The molecule has 1 saturated heterocycles. The molecule has 2 aromatic carbocycles. The summed E-state index contributed by atoms with van der Waals surface area (Å²) in [6.07, 6.45) is 0.721. The average Bonchev–Trinajstić information content (AvgIpc) is 2.99. The Balaban J connectivity index is 1.55. The summed E-state index contributed by atoms with van der Waals surface area (Å²) in [5, 5.41) is 0. The molecule has 0 atom stereocenters. The van der Waals surface area contributed by atoms with Gasteiger partial charge in [0.25, 0.3) is 0 Å². The van der Waals surface area contributed by atoms with E-state index in [1.807, 2.05) is 42.5 Å². The summed E-state index contributed by atoms with van der Waals surface area (Å²) >= 11 is 0. The van der Waals surface area contributed by atoms with Gasteiger partial charge < -0.3 is 4.74 Å². The number of imide groups is 1. The topological polar surface area (TPSA) is 66.9 Å². The van der Waals surface area contributed by atoms with Gasteiger partial charge in [0.1, 0.15) is 5.75 Å². The van der Waals surface area contributed by atoms with E-state index in [2.05, 4.69) is 0 Å². The lowest BCUT2D eigenvalue weighted by atomic mass is 10.1. The second kappa shape index (κ2) is 7.82. The van der Waals surface area contributed by atoms with Crippen molar-refractivity contribution in [1.29, 1.82) is 0 Å². The molecule has 1 heterocycles. The van der Waals surface area contributed by atoms with E-state index in [0.29, 0.717) is 31.6 Å². The molecule has 2 aromatic rings. The Labute approximate surface area is 152 Å². The van der Waals surface area contributed by atoms with E-state index in [0.717, 1.165) is 11.3 Å². The normalized spacial score (nSPS) is 13.8. The van der Waals surface area contributed by atoms with Crippen LogP contribution >= 0.6 is 0 Å². The number of para-hydroxylation sites is 1. The van der Waals surface area contributed by atoms with Gasteiger partial charge in [-0.3, -0.25) is 19.4 Å². The van der Waals surface area contributed by atoms with Gasteiger partial charge in [-0.1, -0.05) is 30.3 Å². The van der Waals surface area contributed by atoms with Crippen molar-refractivity contribution in [3.8, 4) is 5.75 Å². The van der Waals surface area contributed by atoms with E-state index in [4.69, 9.17) is 4.74 Å². The van der Waals surface area contributed by atoms with Gasteiger partial charge in [0.05, 0.1) is 0 Å². The van der Waals surface area contributed by atoms with Crippen molar-refractivity contribution in [3.05, 3.63) is 60.2 Å². The smallest absolute Gasteiger partial charge is 0.410 e. The molecule has 0 unspecified atom stereocenters. The fourth-order valence-corrected chi connectivity index (χ4v) is 2.76. The van der Waals surface area contributed by atoms with Gasteiger partial charge in [0.2, 0.25) is 11.8 Å². The highest BCUT2D eigenvalue weighted by molar-refractivity contribution is 6.01. The molecule has 0 radical (unpaired) electrons. The SMILES string of the molecule is CN(C(=O)Oc1ccc(CCN2C(=O)CCC2=O)cc1)c1ccccc1. The number of rotatable bonds is 5.